The summed E-state index contributed by atoms with van der Waals surface area (Å²) in [5.41, 5.74) is 1.71. The first kappa shape index (κ1) is 18.0. The van der Waals surface area contributed by atoms with E-state index in [1.807, 2.05) is 24.3 Å². The topological polar surface area (TPSA) is 117 Å². The third kappa shape index (κ3) is 4.87. The van der Waals surface area contributed by atoms with E-state index in [-0.39, 0.29) is 24.8 Å². The summed E-state index contributed by atoms with van der Waals surface area (Å²) in [4.78, 5) is 36.3. The number of hydrogen-bond donors (Lipinski definition) is 3. The quantitative estimate of drug-likeness (QED) is 0.704. The molecule has 2 heterocycles. The van der Waals surface area contributed by atoms with Crippen molar-refractivity contribution in [3.63, 3.8) is 0 Å². The second-order valence-corrected chi connectivity index (χ2v) is 6.69. The van der Waals surface area contributed by atoms with Gasteiger partial charge >= 0.3 is 0 Å². The van der Waals surface area contributed by atoms with Gasteiger partial charge in [-0.05, 0) is 24.1 Å². The molecule has 1 atom stereocenters. The van der Waals surface area contributed by atoms with Crippen molar-refractivity contribution in [2.45, 2.75) is 18.1 Å². The average molecular weight is 371 g/mol. The minimum Gasteiger partial charge on any atom is -0.396 e. The van der Waals surface area contributed by atoms with Crippen LogP contribution in [0.2, 0.25) is 0 Å². The predicted octanol–water partition coefficient (Wildman–Crippen LogP) is 1.26. The molecule has 1 aromatic heterocycles. The molecule has 3 N–H and O–H groups in total. The van der Waals surface area contributed by atoms with Crippen molar-refractivity contribution < 1.29 is 14.7 Å². The number of thioether (sulfide) groups is 1. The predicted molar refractivity (Wildman–Crippen MR) is 99.1 cm³/mol. The Morgan fingerprint density at radius 3 is 2.81 bits per heavy atom. The van der Waals surface area contributed by atoms with Crippen LogP contribution in [-0.2, 0) is 16.0 Å². The molecule has 26 heavy (non-hydrogen) atoms. The molecule has 2 aromatic rings. The number of benzene rings is 1. The maximum Gasteiger partial charge on any atom is 0.240 e. The first-order valence-electron chi connectivity index (χ1n) is 7.96. The first-order valence-corrected chi connectivity index (χ1v) is 8.84. The molecule has 0 saturated carbocycles. The standard InChI is InChI=1S/C17H17N5O3S/c23-8-5-11-1-3-12(4-2-11)20-17-22-16(25)13(26-17)9-15(24)21-14-10-18-6-7-19-14/h1-4,6-7,10,13,23H,5,8-9H2,(H,19,21,24)(H,20,22,25). The van der Waals surface area contributed by atoms with Crippen LogP contribution in [0.1, 0.15) is 12.0 Å². The molecule has 0 aliphatic carbocycles. The van der Waals surface area contributed by atoms with Crippen LogP contribution in [0.4, 0.5) is 11.5 Å². The molecule has 0 bridgehead atoms. The Morgan fingerprint density at radius 1 is 1.31 bits per heavy atom. The van der Waals surface area contributed by atoms with E-state index in [1.54, 1.807) is 0 Å². The van der Waals surface area contributed by atoms with Crippen molar-refractivity contribution in [1.29, 1.82) is 0 Å². The number of carbonyl (C=O) groups is 2. The van der Waals surface area contributed by atoms with Gasteiger partial charge in [-0.25, -0.2) is 9.98 Å². The van der Waals surface area contributed by atoms with Crippen LogP contribution in [0.15, 0.2) is 47.8 Å². The third-order valence-corrected chi connectivity index (χ3v) is 4.63. The maximum absolute atomic E-state index is 12.1. The number of hydrogen-bond acceptors (Lipinski definition) is 7. The summed E-state index contributed by atoms with van der Waals surface area (Å²) in [5, 5.41) is 14.1. The van der Waals surface area contributed by atoms with E-state index in [4.69, 9.17) is 5.11 Å². The van der Waals surface area contributed by atoms with Crippen LogP contribution in [0.3, 0.4) is 0 Å². The highest BCUT2D eigenvalue weighted by Gasteiger charge is 2.32. The molecule has 1 saturated heterocycles. The van der Waals surface area contributed by atoms with Gasteiger partial charge in [-0.1, -0.05) is 23.9 Å². The van der Waals surface area contributed by atoms with Gasteiger partial charge < -0.3 is 15.7 Å². The fourth-order valence-electron chi connectivity index (χ4n) is 2.30. The molecule has 0 spiro atoms. The Morgan fingerprint density at radius 2 is 2.12 bits per heavy atom. The van der Waals surface area contributed by atoms with Crippen molar-refractivity contribution in [2.75, 3.05) is 11.9 Å². The lowest BCUT2D eigenvalue weighted by Crippen LogP contribution is -2.28. The van der Waals surface area contributed by atoms with Crippen LogP contribution in [-0.4, -0.2) is 43.9 Å². The molecule has 9 heteroatoms. The summed E-state index contributed by atoms with van der Waals surface area (Å²) in [6.45, 7) is 0.0953. The van der Waals surface area contributed by atoms with Crippen molar-refractivity contribution in [1.82, 2.24) is 15.3 Å². The summed E-state index contributed by atoms with van der Waals surface area (Å²) in [6, 6.07) is 7.39. The number of aliphatic hydroxyl groups is 1. The van der Waals surface area contributed by atoms with Crippen molar-refractivity contribution in [3.8, 4) is 0 Å². The minimum absolute atomic E-state index is 0.0154. The van der Waals surface area contributed by atoms with Gasteiger partial charge in [-0.15, -0.1) is 0 Å². The summed E-state index contributed by atoms with van der Waals surface area (Å²) < 4.78 is 0. The SMILES string of the molecule is O=C(CC1SC(=Nc2ccc(CCO)cc2)NC1=O)Nc1cnccn1. The molecule has 1 fully saturated rings. The molecule has 3 rings (SSSR count). The Bertz CT molecular complexity index is 811. The number of rotatable bonds is 6. The van der Waals surface area contributed by atoms with Gasteiger partial charge in [0.25, 0.3) is 0 Å². The van der Waals surface area contributed by atoms with E-state index in [9.17, 15) is 9.59 Å². The number of carbonyl (C=O) groups excluding carboxylic acids is 2. The summed E-state index contributed by atoms with van der Waals surface area (Å²) >= 11 is 1.22. The molecule has 134 valence electrons. The monoisotopic (exact) mass is 371 g/mol. The second kappa shape index (κ2) is 8.54. The van der Waals surface area contributed by atoms with Crippen LogP contribution < -0.4 is 10.6 Å². The maximum atomic E-state index is 12.1. The van der Waals surface area contributed by atoms with E-state index in [2.05, 4.69) is 25.6 Å². The summed E-state index contributed by atoms with van der Waals surface area (Å²) in [6.07, 6.45) is 5.03. The molecule has 1 unspecified atom stereocenters. The van der Waals surface area contributed by atoms with Crippen LogP contribution >= 0.6 is 11.8 Å². The highest BCUT2D eigenvalue weighted by Crippen LogP contribution is 2.25. The van der Waals surface area contributed by atoms with Gasteiger partial charge in [0.15, 0.2) is 11.0 Å². The van der Waals surface area contributed by atoms with Crippen molar-refractivity contribution >= 4 is 40.2 Å². The van der Waals surface area contributed by atoms with Crippen molar-refractivity contribution in [3.05, 3.63) is 48.4 Å². The Balaban J connectivity index is 1.58. The van der Waals surface area contributed by atoms with Crippen molar-refractivity contribution in [2.24, 2.45) is 4.99 Å². The zero-order valence-corrected chi connectivity index (χ0v) is 14.6. The third-order valence-electron chi connectivity index (χ3n) is 3.55. The lowest BCUT2D eigenvalue weighted by molar-refractivity contribution is -0.122. The largest absolute Gasteiger partial charge is 0.396 e. The zero-order chi connectivity index (χ0) is 18.4. The van der Waals surface area contributed by atoms with Gasteiger partial charge in [0, 0.05) is 25.4 Å². The first-order chi connectivity index (χ1) is 12.6. The van der Waals surface area contributed by atoms with Gasteiger partial charge in [0.05, 0.1) is 11.9 Å². The molecular formula is C17H17N5O3S. The Labute approximate surface area is 154 Å². The van der Waals surface area contributed by atoms with Crippen LogP contribution in [0, 0.1) is 0 Å². The number of aromatic nitrogens is 2. The fourth-order valence-corrected chi connectivity index (χ4v) is 3.29. The fraction of sp³-hybridized carbons (Fsp3) is 0.235. The lowest BCUT2D eigenvalue weighted by Gasteiger charge is -2.05. The summed E-state index contributed by atoms with van der Waals surface area (Å²) in [5.74, 6) is -0.217. The number of amidine groups is 1. The summed E-state index contributed by atoms with van der Waals surface area (Å²) in [7, 11) is 0. The average Bonchev–Trinajstić information content (AvgIpc) is 2.96. The molecule has 1 aliphatic heterocycles. The van der Waals surface area contributed by atoms with E-state index < -0.39 is 5.25 Å². The molecule has 1 aromatic carbocycles. The lowest BCUT2D eigenvalue weighted by atomic mass is 10.1. The highest BCUT2D eigenvalue weighted by molar-refractivity contribution is 8.15. The van der Waals surface area contributed by atoms with Gasteiger partial charge in [-0.2, -0.15) is 0 Å². The zero-order valence-electron chi connectivity index (χ0n) is 13.8. The smallest absolute Gasteiger partial charge is 0.240 e. The number of nitrogens with one attached hydrogen (secondary N) is 2. The second-order valence-electron chi connectivity index (χ2n) is 5.50. The van der Waals surface area contributed by atoms with E-state index >= 15 is 0 Å². The molecule has 0 radical (unpaired) electrons. The number of aliphatic hydroxyl groups excluding tert-OH is 1. The number of anilines is 1. The normalized spacial score (nSPS) is 18.0. The number of nitrogens with zero attached hydrogens (tertiary/aromatic N) is 3. The van der Waals surface area contributed by atoms with E-state index in [0.717, 1.165) is 5.56 Å². The number of aliphatic imine (C=N–C) groups is 1. The van der Waals surface area contributed by atoms with E-state index in [1.165, 1.54) is 30.4 Å². The molecule has 8 nitrogen and oxygen atoms in total. The van der Waals surface area contributed by atoms with Crippen LogP contribution in [0.5, 0.6) is 0 Å². The van der Waals surface area contributed by atoms with Gasteiger partial charge in [0.1, 0.15) is 5.25 Å². The van der Waals surface area contributed by atoms with Gasteiger partial charge in [0.2, 0.25) is 11.8 Å². The van der Waals surface area contributed by atoms with E-state index in [0.29, 0.717) is 23.1 Å². The Kier molecular flexibility index (Phi) is 5.92. The molecule has 2 amide bonds. The van der Waals surface area contributed by atoms with Crippen LogP contribution in [0.25, 0.3) is 0 Å². The Hall–Kier alpha value is -2.78. The number of amides is 2. The van der Waals surface area contributed by atoms with Gasteiger partial charge in [-0.3, -0.25) is 14.6 Å². The molecular weight excluding hydrogens is 354 g/mol. The minimum atomic E-state index is -0.543. The molecule has 1 aliphatic rings. The highest BCUT2D eigenvalue weighted by atomic mass is 32.2.